The first-order valence-corrected chi connectivity index (χ1v) is 15.0. The average molecular weight is 589 g/mol. The van der Waals surface area contributed by atoms with E-state index in [9.17, 15) is 18.0 Å². The lowest BCUT2D eigenvalue weighted by Crippen LogP contribution is -2.52. The van der Waals surface area contributed by atoms with Crippen LogP contribution in [0.5, 0.6) is 0 Å². The molecule has 3 aromatic carbocycles. The molecule has 0 saturated heterocycles. The van der Waals surface area contributed by atoms with E-state index in [0.717, 1.165) is 35.6 Å². The number of nitrogens with one attached hydrogen (secondary N) is 1. The van der Waals surface area contributed by atoms with Gasteiger partial charge in [0.2, 0.25) is 11.8 Å². The van der Waals surface area contributed by atoms with Gasteiger partial charge in [-0.3, -0.25) is 13.9 Å². The number of halogens is 2. The minimum Gasteiger partial charge on any atom is -0.352 e. The smallest absolute Gasteiger partial charge is 0.264 e. The summed E-state index contributed by atoms with van der Waals surface area (Å²) in [6, 6.07) is 20.4. The van der Waals surface area contributed by atoms with E-state index >= 15 is 0 Å². The number of anilines is 1. The van der Waals surface area contributed by atoms with Crippen molar-refractivity contribution in [2.24, 2.45) is 0 Å². The van der Waals surface area contributed by atoms with Crippen LogP contribution in [-0.4, -0.2) is 43.8 Å². The van der Waals surface area contributed by atoms with Crippen LogP contribution < -0.4 is 9.62 Å². The summed E-state index contributed by atoms with van der Waals surface area (Å²) in [5.74, 6) is -0.790. The second kappa shape index (κ2) is 12.9. The van der Waals surface area contributed by atoms with Gasteiger partial charge >= 0.3 is 0 Å². The highest BCUT2D eigenvalue weighted by atomic mass is 35.5. The lowest BCUT2D eigenvalue weighted by Gasteiger charge is -2.32. The van der Waals surface area contributed by atoms with Crippen LogP contribution in [-0.2, 0) is 26.2 Å². The first-order chi connectivity index (χ1) is 18.6. The van der Waals surface area contributed by atoms with Gasteiger partial charge in [-0.2, -0.15) is 0 Å². The fourth-order valence-electron chi connectivity index (χ4n) is 4.62. The minimum absolute atomic E-state index is 0.0454. The molecule has 0 unspecified atom stereocenters. The van der Waals surface area contributed by atoms with Crippen molar-refractivity contribution in [3.8, 4) is 0 Å². The van der Waals surface area contributed by atoms with Crippen molar-refractivity contribution in [1.82, 2.24) is 10.2 Å². The molecule has 0 heterocycles. The Morgan fingerprint density at radius 1 is 0.897 bits per heavy atom. The first kappa shape index (κ1) is 28.9. The van der Waals surface area contributed by atoms with E-state index in [0.29, 0.717) is 10.0 Å². The quantitative estimate of drug-likeness (QED) is 0.331. The number of hydrogen-bond acceptors (Lipinski definition) is 4. The van der Waals surface area contributed by atoms with Gasteiger partial charge in [0.15, 0.2) is 0 Å². The molecule has 10 heteroatoms. The minimum atomic E-state index is -4.11. The predicted molar refractivity (Wildman–Crippen MR) is 154 cm³/mol. The van der Waals surface area contributed by atoms with Gasteiger partial charge in [0.25, 0.3) is 10.0 Å². The zero-order valence-corrected chi connectivity index (χ0v) is 23.9. The average Bonchev–Trinajstić information content (AvgIpc) is 3.45. The number of carbonyl (C=O) groups excluding carboxylic acids is 2. The van der Waals surface area contributed by atoms with Crippen LogP contribution in [0, 0.1) is 0 Å². The number of amides is 2. The Hall–Kier alpha value is -3.07. The van der Waals surface area contributed by atoms with Gasteiger partial charge in [0.05, 0.1) is 10.6 Å². The monoisotopic (exact) mass is 587 g/mol. The molecule has 0 aliphatic heterocycles. The van der Waals surface area contributed by atoms with E-state index in [1.165, 1.54) is 17.0 Å². The SMILES string of the molecule is C[C@@H](C(=O)NC1CCCC1)N(Cc1ccc(Cl)cc1)C(=O)CN(c1ccc(Cl)cc1)S(=O)(=O)c1ccccc1. The largest absolute Gasteiger partial charge is 0.352 e. The molecule has 0 spiro atoms. The standard InChI is InChI=1S/C29H31Cl2N3O4S/c1-21(29(36)32-25-7-5-6-8-25)33(19-22-11-13-23(30)14-12-22)28(35)20-34(26-17-15-24(31)16-18-26)39(37,38)27-9-3-2-4-10-27/h2-4,9-18,21,25H,5-8,19-20H2,1H3,(H,32,36)/t21-/m0/s1. The predicted octanol–water partition coefficient (Wildman–Crippen LogP) is 5.66. The summed E-state index contributed by atoms with van der Waals surface area (Å²) in [5, 5.41) is 4.04. The highest BCUT2D eigenvalue weighted by Gasteiger charge is 2.33. The Kier molecular flexibility index (Phi) is 9.53. The Labute approximate surface area is 239 Å². The molecule has 0 bridgehead atoms. The van der Waals surface area contributed by atoms with Crippen LogP contribution in [0.1, 0.15) is 38.2 Å². The fourth-order valence-corrected chi connectivity index (χ4v) is 6.30. The number of sulfonamides is 1. The number of nitrogens with zero attached hydrogens (tertiary/aromatic N) is 2. The maximum Gasteiger partial charge on any atom is 0.264 e. The van der Waals surface area contributed by atoms with E-state index in [2.05, 4.69) is 5.32 Å². The molecule has 3 aromatic rings. The van der Waals surface area contributed by atoms with Crippen molar-refractivity contribution >= 4 is 50.7 Å². The van der Waals surface area contributed by atoms with E-state index in [4.69, 9.17) is 23.2 Å². The van der Waals surface area contributed by atoms with Gasteiger partial charge in [-0.15, -0.1) is 0 Å². The van der Waals surface area contributed by atoms with E-state index in [1.54, 1.807) is 73.7 Å². The van der Waals surface area contributed by atoms with Crippen molar-refractivity contribution < 1.29 is 18.0 Å². The van der Waals surface area contributed by atoms with Gasteiger partial charge in [-0.25, -0.2) is 8.42 Å². The third-order valence-corrected chi connectivity index (χ3v) is 9.15. The molecule has 1 N–H and O–H groups in total. The zero-order chi connectivity index (χ0) is 28.0. The van der Waals surface area contributed by atoms with Crippen LogP contribution in [0.25, 0.3) is 0 Å². The summed E-state index contributed by atoms with van der Waals surface area (Å²) in [6.45, 7) is 1.26. The summed E-state index contributed by atoms with van der Waals surface area (Å²) >= 11 is 12.1. The van der Waals surface area contributed by atoms with Crippen LogP contribution >= 0.6 is 23.2 Å². The van der Waals surface area contributed by atoms with E-state index < -0.39 is 28.5 Å². The highest BCUT2D eigenvalue weighted by molar-refractivity contribution is 7.92. The third-order valence-electron chi connectivity index (χ3n) is 6.86. The normalized spacial score (nSPS) is 14.5. The summed E-state index contributed by atoms with van der Waals surface area (Å²) < 4.78 is 28.5. The third kappa shape index (κ3) is 7.32. The second-order valence-electron chi connectivity index (χ2n) is 9.62. The molecule has 206 valence electrons. The molecule has 7 nitrogen and oxygen atoms in total. The molecule has 0 aromatic heterocycles. The van der Waals surface area contributed by atoms with Gasteiger partial charge < -0.3 is 10.2 Å². The summed E-state index contributed by atoms with van der Waals surface area (Å²) in [5.41, 5.74) is 1.04. The number of benzene rings is 3. The molecule has 2 amide bonds. The van der Waals surface area contributed by atoms with E-state index in [1.807, 2.05) is 0 Å². The Morgan fingerprint density at radius 3 is 2.05 bits per heavy atom. The zero-order valence-electron chi connectivity index (χ0n) is 21.6. The number of rotatable bonds is 10. The lowest BCUT2D eigenvalue weighted by molar-refractivity contribution is -0.139. The molecular formula is C29H31Cl2N3O4S. The molecule has 1 saturated carbocycles. The molecule has 1 atom stereocenters. The topological polar surface area (TPSA) is 86.8 Å². The second-order valence-corrected chi connectivity index (χ2v) is 12.4. The van der Waals surface area contributed by atoms with Crippen molar-refractivity contribution in [3.05, 3.63) is 94.5 Å². The van der Waals surface area contributed by atoms with Crippen molar-refractivity contribution in [2.75, 3.05) is 10.8 Å². The van der Waals surface area contributed by atoms with Crippen LogP contribution in [0.15, 0.2) is 83.8 Å². The molecule has 0 radical (unpaired) electrons. The molecule has 1 fully saturated rings. The van der Waals surface area contributed by atoms with Gasteiger partial charge in [-0.05, 0) is 73.9 Å². The number of carbonyl (C=O) groups is 2. The summed E-state index contributed by atoms with van der Waals surface area (Å²) in [6.07, 6.45) is 3.92. The molecule has 1 aliphatic rings. The maximum atomic E-state index is 13.9. The highest BCUT2D eigenvalue weighted by Crippen LogP contribution is 2.26. The summed E-state index contributed by atoms with van der Waals surface area (Å²) in [7, 11) is -4.11. The van der Waals surface area contributed by atoms with Crippen LogP contribution in [0.2, 0.25) is 10.0 Å². The Bertz CT molecular complexity index is 1380. The fraction of sp³-hybridized carbons (Fsp3) is 0.310. The van der Waals surface area contributed by atoms with Crippen molar-refractivity contribution in [1.29, 1.82) is 0 Å². The molecule has 1 aliphatic carbocycles. The Balaban J connectivity index is 1.66. The molecular weight excluding hydrogens is 557 g/mol. The molecule has 4 rings (SSSR count). The summed E-state index contributed by atoms with van der Waals surface area (Å²) in [4.78, 5) is 28.6. The molecule has 39 heavy (non-hydrogen) atoms. The van der Waals surface area contributed by atoms with Gasteiger partial charge in [-0.1, -0.05) is 66.4 Å². The first-order valence-electron chi connectivity index (χ1n) is 12.8. The van der Waals surface area contributed by atoms with Crippen molar-refractivity contribution in [3.63, 3.8) is 0 Å². The van der Waals surface area contributed by atoms with Crippen LogP contribution in [0.3, 0.4) is 0 Å². The van der Waals surface area contributed by atoms with Gasteiger partial charge in [0, 0.05) is 22.6 Å². The van der Waals surface area contributed by atoms with E-state index in [-0.39, 0.29) is 29.1 Å². The maximum absolute atomic E-state index is 13.9. The number of hydrogen-bond donors (Lipinski definition) is 1. The van der Waals surface area contributed by atoms with Crippen LogP contribution in [0.4, 0.5) is 5.69 Å². The Morgan fingerprint density at radius 2 is 1.46 bits per heavy atom. The van der Waals surface area contributed by atoms with Gasteiger partial charge in [0.1, 0.15) is 12.6 Å². The lowest BCUT2D eigenvalue weighted by atomic mass is 10.1. The van der Waals surface area contributed by atoms with Crippen molar-refractivity contribution in [2.45, 2.75) is 56.1 Å².